The summed E-state index contributed by atoms with van der Waals surface area (Å²) in [5, 5.41) is 9.72. The molecule has 0 saturated carbocycles. The quantitative estimate of drug-likeness (QED) is 0.295. The van der Waals surface area contributed by atoms with Crippen molar-refractivity contribution in [3.8, 4) is 5.75 Å². The lowest BCUT2D eigenvalue weighted by atomic mass is 9.88. The number of benzene rings is 1. The Morgan fingerprint density at radius 2 is 1.17 bits per heavy atom. The second-order valence-corrected chi connectivity index (χ2v) is 7.22. The van der Waals surface area contributed by atoms with E-state index in [-0.39, 0.29) is 12.4 Å². The molecule has 2 nitrogen and oxygen atoms in total. The van der Waals surface area contributed by atoms with Crippen molar-refractivity contribution in [3.05, 3.63) is 29.8 Å². The summed E-state index contributed by atoms with van der Waals surface area (Å²) in [7, 11) is 0. The molecule has 204 valence electrons. The largest absolute Gasteiger partial charge is 0.494 e. The van der Waals surface area contributed by atoms with Crippen molar-refractivity contribution in [2.75, 3.05) is 6.61 Å². The maximum absolute atomic E-state index is 14.0. The third-order valence-electron chi connectivity index (χ3n) is 4.56. The van der Waals surface area contributed by atoms with E-state index in [0.717, 1.165) is 18.2 Å². The molecule has 0 bridgehead atoms. The molecule has 1 rings (SSSR count). The molecule has 0 aliphatic heterocycles. The highest BCUT2D eigenvalue weighted by molar-refractivity contribution is 5.30. The molecule has 0 amide bonds. The van der Waals surface area contributed by atoms with Crippen molar-refractivity contribution in [2.45, 2.75) is 67.6 Å². The molecule has 0 spiro atoms. The van der Waals surface area contributed by atoms with Crippen LogP contribution in [0.2, 0.25) is 0 Å². The smallest absolute Gasteiger partial charge is 0.460 e. The number of ether oxygens (including phenoxy) is 1. The predicted octanol–water partition coefficient (Wildman–Crippen LogP) is 7.27. The number of alkyl halides is 15. The molecule has 0 fully saturated rings. The fourth-order valence-electron chi connectivity index (χ4n) is 2.52. The van der Waals surface area contributed by atoms with Gasteiger partial charge in [0.2, 0.25) is 0 Å². The Balaban J connectivity index is 3.38. The van der Waals surface area contributed by atoms with Gasteiger partial charge in [-0.15, -0.1) is 0 Å². The average molecular weight is 548 g/mol. The molecule has 0 heterocycles. The number of aliphatic hydroxyl groups is 1. The molecule has 0 aromatic heterocycles. The summed E-state index contributed by atoms with van der Waals surface area (Å²) in [5.41, 5.74) is -0.724. The van der Waals surface area contributed by atoms with Gasteiger partial charge in [0, 0.05) is 6.42 Å². The number of hydrogen-bond donors (Lipinski definition) is 1. The molecule has 0 radical (unpaired) electrons. The summed E-state index contributed by atoms with van der Waals surface area (Å²) >= 11 is 0. The minimum absolute atomic E-state index is 0.0336. The summed E-state index contributed by atoms with van der Waals surface area (Å²) in [4.78, 5) is 0. The number of hydrogen-bond acceptors (Lipinski definition) is 2. The second kappa shape index (κ2) is 9.42. The van der Waals surface area contributed by atoms with Gasteiger partial charge in [-0.05, 0) is 24.1 Å². The van der Waals surface area contributed by atoms with Gasteiger partial charge in [-0.3, -0.25) is 0 Å². The van der Waals surface area contributed by atoms with Crippen LogP contribution in [0.15, 0.2) is 24.3 Å². The van der Waals surface area contributed by atoms with Crippen LogP contribution in [-0.4, -0.2) is 53.4 Å². The van der Waals surface area contributed by atoms with Gasteiger partial charge in [0.05, 0.1) is 12.7 Å². The third kappa shape index (κ3) is 5.09. The zero-order valence-corrected chi connectivity index (χ0v) is 17.0. The standard InChI is InChI=1S/C18H15F15O2/c1-2-6-35-10-5-3-4-9(7-10)11(34)8-12(19,20)13(21,22)14(23,24)15(25,26)16(27,28)17(29,30)18(31,32)33/h3-5,7,11,34H,2,6,8H2,1H3. The molecule has 1 N–H and O–H groups in total. The van der Waals surface area contributed by atoms with Gasteiger partial charge < -0.3 is 9.84 Å². The summed E-state index contributed by atoms with van der Waals surface area (Å²) < 4.78 is 203. The lowest BCUT2D eigenvalue weighted by Gasteiger charge is -2.41. The Kier molecular flexibility index (Phi) is 8.34. The van der Waals surface area contributed by atoms with Gasteiger partial charge in [-0.1, -0.05) is 19.1 Å². The molecular weight excluding hydrogens is 533 g/mol. The van der Waals surface area contributed by atoms with E-state index in [1.807, 2.05) is 0 Å². The van der Waals surface area contributed by atoms with Crippen LogP contribution in [0.4, 0.5) is 65.9 Å². The van der Waals surface area contributed by atoms with Crippen LogP contribution in [-0.2, 0) is 0 Å². The van der Waals surface area contributed by atoms with E-state index in [1.54, 1.807) is 6.92 Å². The Labute approximate surface area is 186 Å². The third-order valence-corrected chi connectivity index (χ3v) is 4.56. The SMILES string of the molecule is CCCOc1cccc(C(O)CC(F)(F)C(F)(F)C(F)(F)C(F)(F)C(F)(F)C(F)(F)C(F)(F)F)c1. The number of aliphatic hydroxyl groups excluding tert-OH is 1. The van der Waals surface area contributed by atoms with Gasteiger partial charge >= 0.3 is 41.7 Å². The lowest BCUT2D eigenvalue weighted by molar-refractivity contribution is -0.453. The van der Waals surface area contributed by atoms with Crippen molar-refractivity contribution in [1.29, 1.82) is 0 Å². The van der Waals surface area contributed by atoms with Crippen molar-refractivity contribution in [2.24, 2.45) is 0 Å². The fraction of sp³-hybridized carbons (Fsp3) is 0.667. The van der Waals surface area contributed by atoms with Gasteiger partial charge in [0.15, 0.2) is 0 Å². The first kappa shape index (κ1) is 31.0. The van der Waals surface area contributed by atoms with Crippen LogP contribution in [0.1, 0.15) is 31.4 Å². The highest BCUT2D eigenvalue weighted by atomic mass is 19.4. The van der Waals surface area contributed by atoms with E-state index in [1.165, 1.54) is 6.07 Å². The van der Waals surface area contributed by atoms with E-state index >= 15 is 0 Å². The van der Waals surface area contributed by atoms with Crippen LogP contribution >= 0.6 is 0 Å². The summed E-state index contributed by atoms with van der Waals surface area (Å²) in [6, 6.07) is 3.69. The maximum atomic E-state index is 14.0. The molecule has 0 saturated heterocycles. The normalized spacial score (nSPS) is 15.8. The zero-order valence-electron chi connectivity index (χ0n) is 17.0. The van der Waals surface area contributed by atoms with Crippen LogP contribution in [0.3, 0.4) is 0 Å². The molecule has 0 aliphatic carbocycles. The fourth-order valence-corrected chi connectivity index (χ4v) is 2.52. The Hall–Kier alpha value is -2.07. The average Bonchev–Trinajstić information content (AvgIpc) is 2.70. The molecule has 1 atom stereocenters. The van der Waals surface area contributed by atoms with Crippen LogP contribution in [0.25, 0.3) is 0 Å². The zero-order chi connectivity index (χ0) is 27.9. The molecule has 1 unspecified atom stereocenters. The summed E-state index contributed by atoms with van der Waals surface area (Å²) in [5.74, 6) is -47.2. The number of halogens is 15. The molecule has 1 aromatic rings. The molecule has 0 aliphatic rings. The van der Waals surface area contributed by atoms with Crippen LogP contribution in [0.5, 0.6) is 5.75 Å². The molecule has 17 heteroatoms. The Morgan fingerprint density at radius 1 is 0.714 bits per heavy atom. The number of rotatable bonds is 11. The molecule has 35 heavy (non-hydrogen) atoms. The molecular formula is C18H15F15O2. The summed E-state index contributed by atoms with van der Waals surface area (Å²) in [6.45, 7) is 1.66. The highest BCUT2D eigenvalue weighted by Gasteiger charge is 2.93. The van der Waals surface area contributed by atoms with Crippen molar-refractivity contribution in [3.63, 3.8) is 0 Å². The first-order chi connectivity index (χ1) is 15.4. The van der Waals surface area contributed by atoms with Gasteiger partial charge in [-0.25, -0.2) is 0 Å². The monoisotopic (exact) mass is 548 g/mol. The van der Waals surface area contributed by atoms with Gasteiger partial charge in [-0.2, -0.15) is 65.9 Å². The van der Waals surface area contributed by atoms with E-state index in [2.05, 4.69) is 0 Å². The highest BCUT2D eigenvalue weighted by Crippen LogP contribution is 2.63. The predicted molar refractivity (Wildman–Crippen MR) is 87.5 cm³/mol. The second-order valence-electron chi connectivity index (χ2n) is 7.22. The van der Waals surface area contributed by atoms with Crippen molar-refractivity contribution >= 4 is 0 Å². The van der Waals surface area contributed by atoms with Crippen LogP contribution in [0, 0.1) is 0 Å². The first-order valence-electron chi connectivity index (χ1n) is 9.16. The van der Waals surface area contributed by atoms with Crippen molar-refractivity contribution in [1.82, 2.24) is 0 Å². The minimum Gasteiger partial charge on any atom is -0.494 e. The van der Waals surface area contributed by atoms with Crippen LogP contribution < -0.4 is 4.74 Å². The van der Waals surface area contributed by atoms with E-state index < -0.39 is 59.8 Å². The van der Waals surface area contributed by atoms with Gasteiger partial charge in [0.25, 0.3) is 0 Å². The van der Waals surface area contributed by atoms with E-state index in [0.29, 0.717) is 6.42 Å². The maximum Gasteiger partial charge on any atom is 0.460 e. The summed E-state index contributed by atoms with van der Waals surface area (Å²) in [6.07, 6.45) is -13.0. The topological polar surface area (TPSA) is 29.5 Å². The van der Waals surface area contributed by atoms with Crippen molar-refractivity contribution < 1.29 is 75.7 Å². The Bertz CT molecular complexity index is 864. The van der Waals surface area contributed by atoms with E-state index in [9.17, 15) is 71.0 Å². The minimum atomic E-state index is -8.36. The lowest BCUT2D eigenvalue weighted by Crippen LogP contribution is -2.72. The van der Waals surface area contributed by atoms with Gasteiger partial charge in [0.1, 0.15) is 5.75 Å². The Morgan fingerprint density at radius 3 is 1.63 bits per heavy atom. The molecule has 1 aromatic carbocycles. The van der Waals surface area contributed by atoms with E-state index in [4.69, 9.17) is 4.74 Å². The first-order valence-corrected chi connectivity index (χ1v) is 9.16.